The zero-order valence-corrected chi connectivity index (χ0v) is 14.1. The molecule has 0 aliphatic carbocycles. The number of phenolic OH excluding ortho intramolecular Hbond substituents is 1. The summed E-state index contributed by atoms with van der Waals surface area (Å²) in [5.74, 6) is 1.61. The summed E-state index contributed by atoms with van der Waals surface area (Å²) in [6.07, 6.45) is 0. The molecule has 0 amide bonds. The summed E-state index contributed by atoms with van der Waals surface area (Å²) in [4.78, 5) is 0. The zero-order valence-electron chi connectivity index (χ0n) is 13.1. The van der Waals surface area contributed by atoms with E-state index in [1.54, 1.807) is 19.2 Å². The Morgan fingerprint density at radius 1 is 1.26 bits per heavy atom. The van der Waals surface area contributed by atoms with Gasteiger partial charge in [-0.05, 0) is 36.7 Å². The third-order valence-corrected chi connectivity index (χ3v) is 9.33. The second-order valence-electron chi connectivity index (χ2n) is 6.18. The Kier molecular flexibility index (Phi) is 4.56. The number of rotatable bonds is 4. The average Bonchev–Trinajstić information content (AvgIpc) is 2.32. The molecule has 1 aromatic carbocycles. The van der Waals surface area contributed by atoms with E-state index in [2.05, 4.69) is 34.2 Å². The molecule has 0 bridgehead atoms. The fourth-order valence-electron chi connectivity index (χ4n) is 1.99. The Morgan fingerprint density at radius 2 is 1.84 bits per heavy atom. The van der Waals surface area contributed by atoms with E-state index in [0.29, 0.717) is 5.75 Å². The number of ether oxygens (including phenoxy) is 1. The first-order valence-electron chi connectivity index (χ1n) is 6.72. The number of benzene rings is 1. The van der Waals surface area contributed by atoms with Crippen molar-refractivity contribution in [1.82, 2.24) is 0 Å². The van der Waals surface area contributed by atoms with E-state index < -0.39 is 8.32 Å². The second-order valence-corrected chi connectivity index (χ2v) is 11.1. The first-order chi connectivity index (χ1) is 8.66. The Labute approximate surface area is 117 Å². The highest BCUT2D eigenvalue weighted by atomic mass is 28.4. The molecule has 1 atom stereocenters. The van der Waals surface area contributed by atoms with Crippen molar-refractivity contribution in [1.29, 1.82) is 0 Å². The summed E-state index contributed by atoms with van der Waals surface area (Å²) >= 11 is 0. The van der Waals surface area contributed by atoms with Gasteiger partial charge in [0.2, 0.25) is 0 Å². The van der Waals surface area contributed by atoms with Gasteiger partial charge in [-0.3, -0.25) is 0 Å². The molecule has 0 saturated heterocycles. The van der Waals surface area contributed by atoms with Crippen LogP contribution in [0.1, 0.15) is 33.3 Å². The lowest BCUT2D eigenvalue weighted by Gasteiger charge is -2.39. The fourth-order valence-corrected chi connectivity index (χ4v) is 4.15. The standard InChI is InChI=1S/C15H26O3Si/c1-8-19(7,15(3,4)5)18-13-10-9-12(16)11(2)14(13)17-6/h9-10,16H,8H2,1-7H3. The number of aromatic hydroxyl groups is 1. The average molecular weight is 282 g/mol. The van der Waals surface area contributed by atoms with Crippen LogP contribution in [0.25, 0.3) is 0 Å². The predicted molar refractivity (Wildman–Crippen MR) is 81.8 cm³/mol. The number of hydrogen-bond acceptors (Lipinski definition) is 3. The molecule has 0 aliphatic rings. The van der Waals surface area contributed by atoms with Gasteiger partial charge in [-0.2, -0.15) is 0 Å². The lowest BCUT2D eigenvalue weighted by Crippen LogP contribution is -2.46. The number of phenols is 1. The minimum atomic E-state index is -1.92. The molecule has 0 saturated carbocycles. The lowest BCUT2D eigenvalue weighted by atomic mass is 10.2. The maximum absolute atomic E-state index is 9.75. The van der Waals surface area contributed by atoms with Crippen LogP contribution in [0.3, 0.4) is 0 Å². The van der Waals surface area contributed by atoms with Crippen molar-refractivity contribution in [3.8, 4) is 17.2 Å². The molecule has 0 spiro atoms. The second kappa shape index (κ2) is 5.45. The molecule has 0 aliphatic heterocycles. The maximum Gasteiger partial charge on any atom is 0.253 e. The summed E-state index contributed by atoms with van der Waals surface area (Å²) in [5, 5.41) is 9.88. The van der Waals surface area contributed by atoms with E-state index in [1.165, 1.54) is 0 Å². The van der Waals surface area contributed by atoms with Gasteiger partial charge < -0.3 is 14.3 Å². The Morgan fingerprint density at radius 3 is 2.26 bits per heavy atom. The smallest absolute Gasteiger partial charge is 0.253 e. The van der Waals surface area contributed by atoms with Gasteiger partial charge in [0.05, 0.1) is 7.11 Å². The van der Waals surface area contributed by atoms with Gasteiger partial charge >= 0.3 is 0 Å². The third-order valence-electron chi connectivity index (χ3n) is 4.14. The molecule has 1 rings (SSSR count). The summed E-state index contributed by atoms with van der Waals surface area (Å²) in [6, 6.07) is 4.49. The summed E-state index contributed by atoms with van der Waals surface area (Å²) in [6.45, 7) is 12.9. The van der Waals surface area contributed by atoms with Crippen molar-refractivity contribution in [2.24, 2.45) is 0 Å². The van der Waals surface area contributed by atoms with Gasteiger partial charge in [-0.1, -0.05) is 27.7 Å². The van der Waals surface area contributed by atoms with Crippen molar-refractivity contribution in [2.75, 3.05) is 7.11 Å². The maximum atomic E-state index is 9.75. The monoisotopic (exact) mass is 282 g/mol. The molecule has 3 nitrogen and oxygen atoms in total. The highest BCUT2D eigenvalue weighted by Crippen LogP contribution is 2.44. The Bertz CT molecular complexity index is 451. The van der Waals surface area contributed by atoms with Crippen molar-refractivity contribution < 1.29 is 14.3 Å². The number of hydrogen-bond donors (Lipinski definition) is 1. The molecule has 0 aromatic heterocycles. The van der Waals surface area contributed by atoms with Crippen LogP contribution >= 0.6 is 0 Å². The van der Waals surface area contributed by atoms with E-state index in [9.17, 15) is 5.11 Å². The van der Waals surface area contributed by atoms with Gasteiger partial charge in [-0.15, -0.1) is 0 Å². The fraction of sp³-hybridized carbons (Fsp3) is 0.600. The van der Waals surface area contributed by atoms with Crippen molar-refractivity contribution in [3.63, 3.8) is 0 Å². The normalized spacial score (nSPS) is 14.9. The van der Waals surface area contributed by atoms with E-state index in [-0.39, 0.29) is 10.8 Å². The van der Waals surface area contributed by atoms with Crippen LogP contribution in [0.4, 0.5) is 0 Å². The highest BCUT2D eigenvalue weighted by Gasteiger charge is 2.42. The molecule has 19 heavy (non-hydrogen) atoms. The molecular formula is C15H26O3Si. The first-order valence-corrected chi connectivity index (χ1v) is 9.33. The van der Waals surface area contributed by atoms with Crippen molar-refractivity contribution >= 4 is 8.32 Å². The van der Waals surface area contributed by atoms with Gasteiger partial charge in [0.25, 0.3) is 8.32 Å². The van der Waals surface area contributed by atoms with Crippen molar-refractivity contribution in [3.05, 3.63) is 17.7 Å². The van der Waals surface area contributed by atoms with Gasteiger partial charge in [-0.25, -0.2) is 0 Å². The van der Waals surface area contributed by atoms with Crippen LogP contribution in [0.2, 0.25) is 17.6 Å². The summed E-state index contributed by atoms with van der Waals surface area (Å²) in [7, 11) is -0.308. The minimum absolute atomic E-state index is 0.137. The molecule has 1 N–H and O–H groups in total. The molecule has 108 valence electrons. The van der Waals surface area contributed by atoms with E-state index >= 15 is 0 Å². The van der Waals surface area contributed by atoms with E-state index in [1.807, 2.05) is 6.92 Å². The van der Waals surface area contributed by atoms with Gasteiger partial charge in [0.1, 0.15) is 11.5 Å². The topological polar surface area (TPSA) is 38.7 Å². The van der Waals surface area contributed by atoms with Crippen LogP contribution in [0.15, 0.2) is 12.1 Å². The van der Waals surface area contributed by atoms with Crippen LogP contribution in [-0.4, -0.2) is 20.5 Å². The van der Waals surface area contributed by atoms with Gasteiger partial charge in [0.15, 0.2) is 5.75 Å². The molecule has 4 heteroatoms. The molecule has 0 radical (unpaired) electrons. The first kappa shape index (κ1) is 15.9. The third kappa shape index (κ3) is 3.05. The summed E-state index contributed by atoms with van der Waals surface area (Å²) < 4.78 is 11.8. The van der Waals surface area contributed by atoms with Crippen LogP contribution in [-0.2, 0) is 0 Å². The lowest BCUT2D eigenvalue weighted by molar-refractivity contribution is 0.375. The molecular weight excluding hydrogens is 256 g/mol. The quantitative estimate of drug-likeness (QED) is 0.827. The van der Waals surface area contributed by atoms with Crippen LogP contribution < -0.4 is 9.16 Å². The molecule has 0 fully saturated rings. The van der Waals surface area contributed by atoms with Gasteiger partial charge in [0, 0.05) is 5.56 Å². The van der Waals surface area contributed by atoms with E-state index in [0.717, 1.165) is 17.4 Å². The van der Waals surface area contributed by atoms with E-state index in [4.69, 9.17) is 9.16 Å². The molecule has 1 aromatic rings. The van der Waals surface area contributed by atoms with Crippen LogP contribution in [0.5, 0.6) is 17.2 Å². The highest BCUT2D eigenvalue weighted by molar-refractivity contribution is 6.76. The predicted octanol–water partition coefficient (Wildman–Crippen LogP) is 4.48. The summed E-state index contributed by atoms with van der Waals surface area (Å²) in [5.41, 5.74) is 0.723. The van der Waals surface area contributed by atoms with Crippen molar-refractivity contribution in [2.45, 2.75) is 52.2 Å². The SMILES string of the molecule is CC[Si](C)(Oc1ccc(O)c(C)c1OC)C(C)(C)C. The molecule has 0 heterocycles. The number of methoxy groups -OCH3 is 1. The largest absolute Gasteiger partial charge is 0.541 e. The zero-order chi connectivity index (χ0) is 14.8. The Hall–Kier alpha value is -1.16. The van der Waals surface area contributed by atoms with Crippen LogP contribution in [0, 0.1) is 6.92 Å². The molecule has 1 unspecified atom stereocenters. The Balaban J connectivity index is 3.22. The minimum Gasteiger partial charge on any atom is -0.541 e.